The highest BCUT2D eigenvalue weighted by atomic mass is 35.5. The second-order valence-corrected chi connectivity index (χ2v) is 5.33. The van der Waals surface area contributed by atoms with Crippen LogP contribution in [0, 0.1) is 0 Å². The van der Waals surface area contributed by atoms with E-state index < -0.39 is 17.8 Å². The molecule has 2 N–H and O–H groups in total. The lowest BCUT2D eigenvalue weighted by Crippen LogP contribution is -2.34. The van der Waals surface area contributed by atoms with Crippen LogP contribution in [-0.4, -0.2) is 23.3 Å². The number of hydrogen-bond donors (Lipinski definition) is 2. The van der Waals surface area contributed by atoms with Crippen molar-refractivity contribution in [2.24, 2.45) is 0 Å². The molecule has 4 nitrogen and oxygen atoms in total. The van der Waals surface area contributed by atoms with Gasteiger partial charge in [0.1, 0.15) is 5.60 Å². The van der Waals surface area contributed by atoms with Gasteiger partial charge in [0.25, 0.3) is 0 Å². The molecule has 0 spiro atoms. The zero-order valence-electron chi connectivity index (χ0n) is 10.7. The Hall–Kier alpha value is -1.26. The van der Waals surface area contributed by atoms with Gasteiger partial charge in [0, 0.05) is 10.6 Å². The lowest BCUT2D eigenvalue weighted by molar-refractivity contribution is 0.0492. The van der Waals surface area contributed by atoms with E-state index in [1.54, 1.807) is 45.0 Å². The molecule has 0 bridgehead atoms. The summed E-state index contributed by atoms with van der Waals surface area (Å²) in [5.41, 5.74) is 0.0228. The Morgan fingerprint density at radius 1 is 1.44 bits per heavy atom. The van der Waals surface area contributed by atoms with Gasteiger partial charge in [-0.05, 0) is 26.8 Å². The van der Waals surface area contributed by atoms with Gasteiger partial charge >= 0.3 is 6.09 Å². The largest absolute Gasteiger partial charge is 0.444 e. The topological polar surface area (TPSA) is 58.6 Å². The lowest BCUT2D eigenvalue weighted by atomic mass is 10.1. The summed E-state index contributed by atoms with van der Waals surface area (Å²) in [5, 5.41) is 12.9. The lowest BCUT2D eigenvalue weighted by Gasteiger charge is -2.20. The fraction of sp³-hybridized carbons (Fsp3) is 0.462. The molecule has 0 aliphatic carbocycles. The first kappa shape index (κ1) is 14.8. The maximum absolute atomic E-state index is 11.4. The van der Waals surface area contributed by atoms with E-state index in [2.05, 4.69) is 5.32 Å². The molecule has 1 amide bonds. The first-order valence-electron chi connectivity index (χ1n) is 5.69. The van der Waals surface area contributed by atoms with Crippen LogP contribution in [0.1, 0.15) is 32.4 Å². The summed E-state index contributed by atoms with van der Waals surface area (Å²) in [6, 6.07) is 6.95. The maximum Gasteiger partial charge on any atom is 0.407 e. The molecule has 1 rings (SSSR count). The van der Waals surface area contributed by atoms with Gasteiger partial charge in [-0.3, -0.25) is 0 Å². The molecule has 0 radical (unpaired) electrons. The average Bonchev–Trinajstić information content (AvgIpc) is 2.24. The smallest absolute Gasteiger partial charge is 0.407 e. The third kappa shape index (κ3) is 4.94. The van der Waals surface area contributed by atoms with Gasteiger partial charge in [-0.15, -0.1) is 0 Å². The number of carbonyl (C=O) groups excluding carboxylic acids is 1. The molecule has 0 saturated heterocycles. The van der Waals surface area contributed by atoms with Gasteiger partial charge in [-0.1, -0.05) is 29.8 Å². The molecule has 0 aliphatic heterocycles. The Morgan fingerprint density at radius 2 is 2.06 bits per heavy atom. The third-order valence-electron chi connectivity index (χ3n) is 2.10. The van der Waals surface area contributed by atoms with E-state index in [9.17, 15) is 9.90 Å². The average molecular weight is 272 g/mol. The van der Waals surface area contributed by atoms with Crippen LogP contribution in [0.15, 0.2) is 24.3 Å². The molecule has 0 aliphatic rings. The normalized spacial score (nSPS) is 12.9. The molecule has 1 aromatic carbocycles. The Labute approximate surface area is 112 Å². The molecule has 0 saturated carbocycles. The standard InChI is InChI=1S/C13H18ClNO3/c1-13(2,3)18-12(17)15-8-11(16)9-6-4-5-7-10(9)14/h4-7,11,16H,8H2,1-3H3,(H,15,17). The number of hydrogen-bond acceptors (Lipinski definition) is 3. The molecule has 5 heteroatoms. The quantitative estimate of drug-likeness (QED) is 0.889. The predicted molar refractivity (Wildman–Crippen MR) is 70.6 cm³/mol. The fourth-order valence-corrected chi connectivity index (χ4v) is 1.61. The number of carbonyl (C=O) groups is 1. The van der Waals surface area contributed by atoms with Crippen molar-refractivity contribution >= 4 is 17.7 Å². The molecule has 0 heterocycles. The monoisotopic (exact) mass is 271 g/mol. The fourth-order valence-electron chi connectivity index (χ4n) is 1.35. The van der Waals surface area contributed by atoms with Crippen molar-refractivity contribution in [1.82, 2.24) is 5.32 Å². The van der Waals surface area contributed by atoms with Crippen molar-refractivity contribution in [1.29, 1.82) is 0 Å². The number of halogens is 1. The van der Waals surface area contributed by atoms with E-state index in [0.717, 1.165) is 0 Å². The molecule has 0 fully saturated rings. The van der Waals surface area contributed by atoms with Gasteiger partial charge in [0.05, 0.1) is 12.6 Å². The van der Waals surface area contributed by atoms with Crippen LogP contribution in [0.2, 0.25) is 5.02 Å². The van der Waals surface area contributed by atoms with Gasteiger partial charge in [-0.2, -0.15) is 0 Å². The Bertz CT molecular complexity index is 415. The molecule has 18 heavy (non-hydrogen) atoms. The second-order valence-electron chi connectivity index (χ2n) is 4.92. The minimum Gasteiger partial charge on any atom is -0.444 e. The van der Waals surface area contributed by atoms with Gasteiger partial charge in [0.2, 0.25) is 0 Å². The van der Waals surface area contributed by atoms with Crippen molar-refractivity contribution in [2.45, 2.75) is 32.5 Å². The molecular weight excluding hydrogens is 254 g/mol. The number of alkyl carbamates (subject to hydrolysis) is 1. The molecule has 1 atom stereocenters. The van der Waals surface area contributed by atoms with Crippen molar-refractivity contribution in [2.75, 3.05) is 6.54 Å². The second kappa shape index (κ2) is 6.07. The Balaban J connectivity index is 2.49. The molecule has 100 valence electrons. The number of amides is 1. The summed E-state index contributed by atoms with van der Waals surface area (Å²) >= 11 is 5.94. The Kier molecular flexibility index (Phi) is 4.99. The molecule has 1 unspecified atom stereocenters. The SMILES string of the molecule is CC(C)(C)OC(=O)NCC(O)c1ccccc1Cl. The van der Waals surface area contributed by atoms with Crippen molar-refractivity contribution < 1.29 is 14.6 Å². The van der Waals surface area contributed by atoms with E-state index in [-0.39, 0.29) is 6.54 Å². The summed E-state index contributed by atoms with van der Waals surface area (Å²) in [7, 11) is 0. The van der Waals surface area contributed by atoms with Crippen LogP contribution >= 0.6 is 11.6 Å². The highest BCUT2D eigenvalue weighted by Gasteiger charge is 2.17. The van der Waals surface area contributed by atoms with Crippen molar-refractivity contribution in [3.05, 3.63) is 34.9 Å². The first-order chi connectivity index (χ1) is 8.29. The van der Waals surface area contributed by atoms with E-state index in [0.29, 0.717) is 10.6 Å². The zero-order valence-corrected chi connectivity index (χ0v) is 11.5. The number of nitrogens with one attached hydrogen (secondary N) is 1. The summed E-state index contributed by atoms with van der Waals surface area (Å²) in [5.74, 6) is 0. The van der Waals surface area contributed by atoms with Crippen LogP contribution in [0.25, 0.3) is 0 Å². The van der Waals surface area contributed by atoms with Crippen LogP contribution in [0.3, 0.4) is 0 Å². The molecular formula is C13H18ClNO3. The third-order valence-corrected chi connectivity index (χ3v) is 2.45. The molecule has 1 aromatic rings. The van der Waals surface area contributed by atoms with Crippen LogP contribution in [0.5, 0.6) is 0 Å². The first-order valence-corrected chi connectivity index (χ1v) is 6.07. The number of benzene rings is 1. The van der Waals surface area contributed by atoms with Gasteiger partial charge in [0.15, 0.2) is 0 Å². The molecule has 0 aromatic heterocycles. The van der Waals surface area contributed by atoms with E-state index in [4.69, 9.17) is 16.3 Å². The summed E-state index contributed by atoms with van der Waals surface area (Å²) < 4.78 is 5.06. The van der Waals surface area contributed by atoms with E-state index in [1.165, 1.54) is 0 Å². The predicted octanol–water partition coefficient (Wildman–Crippen LogP) is 2.90. The van der Waals surface area contributed by atoms with Crippen molar-refractivity contribution in [3.8, 4) is 0 Å². The van der Waals surface area contributed by atoms with E-state index in [1.807, 2.05) is 0 Å². The summed E-state index contributed by atoms with van der Waals surface area (Å²) in [6.07, 6.45) is -1.42. The van der Waals surface area contributed by atoms with Gasteiger partial charge in [-0.25, -0.2) is 4.79 Å². The highest BCUT2D eigenvalue weighted by Crippen LogP contribution is 2.21. The minimum absolute atomic E-state index is 0.0542. The zero-order chi connectivity index (χ0) is 13.8. The van der Waals surface area contributed by atoms with Crippen LogP contribution < -0.4 is 5.32 Å². The van der Waals surface area contributed by atoms with Crippen molar-refractivity contribution in [3.63, 3.8) is 0 Å². The highest BCUT2D eigenvalue weighted by molar-refractivity contribution is 6.31. The minimum atomic E-state index is -0.855. The maximum atomic E-state index is 11.4. The van der Waals surface area contributed by atoms with Crippen LogP contribution in [-0.2, 0) is 4.74 Å². The Morgan fingerprint density at radius 3 is 2.61 bits per heavy atom. The number of aliphatic hydroxyl groups is 1. The summed E-state index contributed by atoms with van der Waals surface area (Å²) in [4.78, 5) is 11.4. The summed E-state index contributed by atoms with van der Waals surface area (Å²) in [6.45, 7) is 5.38. The number of ether oxygens (including phenoxy) is 1. The van der Waals surface area contributed by atoms with E-state index >= 15 is 0 Å². The number of rotatable bonds is 3. The van der Waals surface area contributed by atoms with Crippen LogP contribution in [0.4, 0.5) is 4.79 Å². The number of aliphatic hydroxyl groups excluding tert-OH is 1. The van der Waals surface area contributed by atoms with Gasteiger partial charge < -0.3 is 15.2 Å².